The van der Waals surface area contributed by atoms with Crippen LogP contribution in [-0.4, -0.2) is 12.6 Å². The number of carbonyl (C=O) groups excluding carboxylic acids is 1. The molecular formula is C12H14O2. The first-order valence-electron chi connectivity index (χ1n) is 5.04. The molecule has 2 heteroatoms. The molecule has 2 rings (SSSR count). The van der Waals surface area contributed by atoms with Gasteiger partial charge in [-0.05, 0) is 24.3 Å². The molecule has 0 unspecified atom stereocenters. The van der Waals surface area contributed by atoms with Crippen LogP contribution >= 0.6 is 0 Å². The second kappa shape index (κ2) is 4.27. The number of ether oxygens (including phenoxy) is 1. The van der Waals surface area contributed by atoms with Crippen molar-refractivity contribution in [1.82, 2.24) is 0 Å². The van der Waals surface area contributed by atoms with Crippen LogP contribution in [0.25, 0.3) is 0 Å². The van der Waals surface area contributed by atoms with E-state index in [2.05, 4.69) is 12.1 Å². The van der Waals surface area contributed by atoms with Crippen LogP contribution < -0.4 is 0 Å². The molecule has 0 aliphatic carbocycles. The van der Waals surface area contributed by atoms with Crippen LogP contribution in [0, 0.1) is 5.92 Å². The van der Waals surface area contributed by atoms with Crippen molar-refractivity contribution < 1.29 is 9.53 Å². The van der Waals surface area contributed by atoms with Gasteiger partial charge in [-0.25, -0.2) is 0 Å². The molecule has 0 aromatic heterocycles. The van der Waals surface area contributed by atoms with Crippen molar-refractivity contribution in [3.63, 3.8) is 0 Å². The summed E-state index contributed by atoms with van der Waals surface area (Å²) >= 11 is 0. The molecule has 0 bridgehead atoms. The van der Waals surface area contributed by atoms with Crippen LogP contribution in [0.2, 0.25) is 0 Å². The quantitative estimate of drug-likeness (QED) is 0.668. The lowest BCUT2D eigenvalue weighted by molar-refractivity contribution is -0.149. The Bertz CT molecular complexity index is 295. The highest BCUT2D eigenvalue weighted by atomic mass is 16.5. The maximum Gasteiger partial charge on any atom is 0.305 e. The van der Waals surface area contributed by atoms with Crippen LogP contribution in [0.15, 0.2) is 30.3 Å². The molecule has 1 aromatic carbocycles. The average molecular weight is 190 g/mol. The van der Waals surface area contributed by atoms with Gasteiger partial charge in [-0.15, -0.1) is 0 Å². The summed E-state index contributed by atoms with van der Waals surface area (Å²) in [6, 6.07) is 10.4. The van der Waals surface area contributed by atoms with Gasteiger partial charge in [0, 0.05) is 6.42 Å². The molecular weight excluding hydrogens is 176 g/mol. The van der Waals surface area contributed by atoms with Crippen molar-refractivity contribution in [3.05, 3.63) is 35.9 Å². The van der Waals surface area contributed by atoms with Gasteiger partial charge in [0.1, 0.15) is 0 Å². The van der Waals surface area contributed by atoms with Gasteiger partial charge in [0.05, 0.1) is 6.61 Å². The third-order valence-corrected chi connectivity index (χ3v) is 2.60. The lowest BCUT2D eigenvalue weighted by Gasteiger charge is -2.21. The van der Waals surface area contributed by atoms with E-state index in [1.54, 1.807) is 0 Å². The van der Waals surface area contributed by atoms with Gasteiger partial charge >= 0.3 is 5.97 Å². The molecule has 0 radical (unpaired) electrons. The molecule has 1 aromatic rings. The summed E-state index contributed by atoms with van der Waals surface area (Å²) in [5.74, 6) is 0.462. The Balaban J connectivity index is 1.89. The first kappa shape index (κ1) is 9.25. The third kappa shape index (κ3) is 2.34. The molecule has 1 aliphatic rings. The Morgan fingerprint density at radius 1 is 1.29 bits per heavy atom. The number of hydrogen-bond donors (Lipinski definition) is 0. The largest absolute Gasteiger partial charge is 0.465 e. The molecule has 1 heterocycles. The highest BCUT2D eigenvalue weighted by Crippen LogP contribution is 2.19. The van der Waals surface area contributed by atoms with E-state index >= 15 is 0 Å². The number of hydrogen-bond acceptors (Lipinski definition) is 2. The van der Waals surface area contributed by atoms with Gasteiger partial charge in [0.2, 0.25) is 0 Å². The van der Waals surface area contributed by atoms with Gasteiger partial charge in [-0.1, -0.05) is 30.3 Å². The third-order valence-electron chi connectivity index (χ3n) is 2.60. The summed E-state index contributed by atoms with van der Waals surface area (Å²) in [5, 5.41) is 0. The van der Waals surface area contributed by atoms with E-state index in [1.807, 2.05) is 18.2 Å². The van der Waals surface area contributed by atoms with Crippen molar-refractivity contribution >= 4 is 5.97 Å². The second-order valence-corrected chi connectivity index (χ2v) is 3.78. The molecule has 74 valence electrons. The van der Waals surface area contributed by atoms with E-state index in [1.165, 1.54) is 5.56 Å². The van der Waals surface area contributed by atoms with Crippen LogP contribution in [-0.2, 0) is 16.0 Å². The van der Waals surface area contributed by atoms with Crippen molar-refractivity contribution in [2.24, 2.45) is 5.92 Å². The molecule has 1 aliphatic heterocycles. The van der Waals surface area contributed by atoms with Gasteiger partial charge in [0.15, 0.2) is 0 Å². The predicted molar refractivity (Wildman–Crippen MR) is 53.8 cm³/mol. The fourth-order valence-corrected chi connectivity index (χ4v) is 1.80. The minimum atomic E-state index is -0.0469. The number of esters is 1. The number of benzene rings is 1. The summed E-state index contributed by atoms with van der Waals surface area (Å²) in [7, 11) is 0. The van der Waals surface area contributed by atoms with Crippen LogP contribution in [0.5, 0.6) is 0 Å². The molecule has 0 amide bonds. The standard InChI is InChI=1S/C12H14O2/c13-12-7-6-11(9-14-12)8-10-4-2-1-3-5-10/h1-5,11H,6-9H2/t11-/m1/s1. The molecule has 2 nitrogen and oxygen atoms in total. The fourth-order valence-electron chi connectivity index (χ4n) is 1.80. The topological polar surface area (TPSA) is 26.3 Å². The first-order valence-corrected chi connectivity index (χ1v) is 5.04. The number of carbonyl (C=O) groups is 1. The Morgan fingerprint density at radius 2 is 2.07 bits per heavy atom. The van der Waals surface area contributed by atoms with Crippen molar-refractivity contribution in [2.45, 2.75) is 19.3 Å². The minimum Gasteiger partial charge on any atom is -0.465 e. The lowest BCUT2D eigenvalue weighted by Crippen LogP contribution is -2.23. The Morgan fingerprint density at radius 3 is 2.71 bits per heavy atom. The van der Waals surface area contributed by atoms with Crippen molar-refractivity contribution in [3.8, 4) is 0 Å². The summed E-state index contributed by atoms with van der Waals surface area (Å²) < 4.78 is 5.02. The maximum atomic E-state index is 10.8. The Kier molecular flexibility index (Phi) is 2.82. The minimum absolute atomic E-state index is 0.0469. The van der Waals surface area contributed by atoms with Gasteiger partial charge in [-0.2, -0.15) is 0 Å². The zero-order valence-corrected chi connectivity index (χ0v) is 8.11. The molecule has 1 saturated heterocycles. The van der Waals surface area contributed by atoms with Gasteiger partial charge < -0.3 is 4.74 Å². The van der Waals surface area contributed by atoms with Gasteiger partial charge in [-0.3, -0.25) is 4.79 Å². The highest BCUT2D eigenvalue weighted by molar-refractivity contribution is 5.69. The van der Waals surface area contributed by atoms with E-state index in [0.29, 0.717) is 18.9 Å². The van der Waals surface area contributed by atoms with E-state index in [-0.39, 0.29) is 5.97 Å². The average Bonchev–Trinajstić information content (AvgIpc) is 2.23. The van der Waals surface area contributed by atoms with Crippen molar-refractivity contribution in [1.29, 1.82) is 0 Å². The summed E-state index contributed by atoms with van der Waals surface area (Å²) in [4.78, 5) is 10.8. The van der Waals surface area contributed by atoms with Crippen LogP contribution in [0.3, 0.4) is 0 Å². The van der Waals surface area contributed by atoms with Gasteiger partial charge in [0.25, 0.3) is 0 Å². The summed E-state index contributed by atoms with van der Waals surface area (Å²) in [6.07, 6.45) is 2.57. The zero-order chi connectivity index (χ0) is 9.80. The Labute approximate surface area is 83.9 Å². The van der Waals surface area contributed by atoms with Crippen molar-refractivity contribution in [2.75, 3.05) is 6.61 Å². The predicted octanol–water partition coefficient (Wildman–Crippen LogP) is 2.18. The highest BCUT2D eigenvalue weighted by Gasteiger charge is 2.19. The molecule has 0 N–H and O–H groups in total. The zero-order valence-electron chi connectivity index (χ0n) is 8.11. The molecule has 1 fully saturated rings. The molecule has 0 spiro atoms. The van der Waals surface area contributed by atoms with Crippen LogP contribution in [0.4, 0.5) is 0 Å². The van der Waals surface area contributed by atoms with E-state index in [9.17, 15) is 4.79 Å². The molecule has 0 saturated carbocycles. The second-order valence-electron chi connectivity index (χ2n) is 3.78. The Hall–Kier alpha value is -1.31. The summed E-state index contributed by atoms with van der Waals surface area (Å²) in [5.41, 5.74) is 1.33. The van der Waals surface area contributed by atoms with E-state index in [0.717, 1.165) is 12.8 Å². The van der Waals surface area contributed by atoms with Crippen LogP contribution in [0.1, 0.15) is 18.4 Å². The molecule has 1 atom stereocenters. The smallest absolute Gasteiger partial charge is 0.305 e. The normalized spacial score (nSPS) is 21.7. The lowest BCUT2D eigenvalue weighted by atomic mass is 9.94. The molecule has 14 heavy (non-hydrogen) atoms. The monoisotopic (exact) mass is 190 g/mol. The number of rotatable bonds is 2. The number of cyclic esters (lactones) is 1. The van der Waals surface area contributed by atoms with E-state index < -0.39 is 0 Å². The summed E-state index contributed by atoms with van der Waals surface area (Å²) in [6.45, 7) is 0.591. The SMILES string of the molecule is O=C1CC[C@H](Cc2ccccc2)CO1. The fraction of sp³-hybridized carbons (Fsp3) is 0.417. The maximum absolute atomic E-state index is 10.8. The van der Waals surface area contributed by atoms with E-state index in [4.69, 9.17) is 4.74 Å². The first-order chi connectivity index (χ1) is 6.84.